The molecule has 3 rings (SSSR count). The van der Waals surface area contributed by atoms with Gasteiger partial charge in [-0.15, -0.1) is 0 Å². The van der Waals surface area contributed by atoms with Crippen molar-refractivity contribution in [1.29, 1.82) is 0 Å². The molecule has 5 heteroatoms. The van der Waals surface area contributed by atoms with Crippen molar-refractivity contribution in [3.63, 3.8) is 0 Å². The Morgan fingerprint density at radius 1 is 1.20 bits per heavy atom. The third-order valence-electron chi connectivity index (χ3n) is 4.49. The number of carbonyl (C=O) groups excluding carboxylic acids is 2. The molecule has 2 aromatic rings. The molecule has 1 atom stereocenters. The van der Waals surface area contributed by atoms with Gasteiger partial charge in [0.1, 0.15) is 12.3 Å². The Morgan fingerprint density at radius 2 is 1.92 bits per heavy atom. The largest absolute Gasteiger partial charge is 0.482 e. The summed E-state index contributed by atoms with van der Waals surface area (Å²) in [6, 6.07) is 15.0. The number of hydrogen-bond donors (Lipinski definition) is 1. The average molecular weight is 338 g/mol. The summed E-state index contributed by atoms with van der Waals surface area (Å²) >= 11 is 0. The molecule has 0 radical (unpaired) electrons. The Balaban J connectivity index is 1.77. The first-order chi connectivity index (χ1) is 12.1. The standard InChI is InChI=1S/C20H22N2O3/c1-3-14(2)15-8-4-5-9-16(15)21-19(23)12-22-17-10-6-7-11-18(17)25-13-20(22)24/h4-11,14H,3,12-13H2,1-2H3,(H,21,23). The molecule has 25 heavy (non-hydrogen) atoms. The quantitative estimate of drug-likeness (QED) is 0.907. The van der Waals surface area contributed by atoms with Crippen molar-refractivity contribution in [2.75, 3.05) is 23.4 Å². The van der Waals surface area contributed by atoms with Crippen molar-refractivity contribution in [3.8, 4) is 5.75 Å². The molecule has 1 heterocycles. The highest BCUT2D eigenvalue weighted by molar-refractivity contribution is 6.05. The third kappa shape index (κ3) is 3.65. The summed E-state index contributed by atoms with van der Waals surface area (Å²) in [5.41, 5.74) is 2.53. The summed E-state index contributed by atoms with van der Waals surface area (Å²) in [5, 5.41) is 2.95. The first-order valence-electron chi connectivity index (χ1n) is 8.51. The molecule has 0 aliphatic carbocycles. The molecule has 130 valence electrons. The number of amides is 2. The lowest BCUT2D eigenvalue weighted by atomic mass is 9.97. The second-order valence-electron chi connectivity index (χ2n) is 6.18. The molecular formula is C20H22N2O3. The van der Waals surface area contributed by atoms with Gasteiger partial charge in [-0.2, -0.15) is 0 Å². The normalized spacial score (nSPS) is 14.5. The molecule has 1 unspecified atom stereocenters. The summed E-state index contributed by atoms with van der Waals surface area (Å²) in [6.45, 7) is 4.17. The molecule has 0 saturated heterocycles. The molecule has 5 nitrogen and oxygen atoms in total. The first kappa shape index (κ1) is 17.0. The lowest BCUT2D eigenvalue weighted by Crippen LogP contribution is -2.43. The van der Waals surface area contributed by atoms with Gasteiger partial charge in [-0.3, -0.25) is 14.5 Å². The van der Waals surface area contributed by atoms with Crippen molar-refractivity contribution in [2.24, 2.45) is 0 Å². The molecular weight excluding hydrogens is 316 g/mol. The summed E-state index contributed by atoms with van der Waals surface area (Å²) in [5.74, 6) is 0.530. The van der Waals surface area contributed by atoms with E-state index in [1.807, 2.05) is 36.4 Å². The van der Waals surface area contributed by atoms with E-state index < -0.39 is 0 Å². The van der Waals surface area contributed by atoms with Gasteiger partial charge in [-0.25, -0.2) is 0 Å². The zero-order valence-corrected chi connectivity index (χ0v) is 14.5. The van der Waals surface area contributed by atoms with Crippen LogP contribution in [-0.2, 0) is 9.59 Å². The van der Waals surface area contributed by atoms with Crippen LogP contribution in [0.25, 0.3) is 0 Å². The predicted molar refractivity (Wildman–Crippen MR) is 98.1 cm³/mol. The van der Waals surface area contributed by atoms with Crippen LogP contribution < -0.4 is 15.0 Å². The summed E-state index contributed by atoms with van der Waals surface area (Å²) in [4.78, 5) is 26.2. The van der Waals surface area contributed by atoms with E-state index in [0.717, 1.165) is 17.7 Å². The van der Waals surface area contributed by atoms with E-state index in [-0.39, 0.29) is 25.0 Å². The van der Waals surface area contributed by atoms with Crippen LogP contribution in [0.4, 0.5) is 11.4 Å². The molecule has 0 aromatic heterocycles. The molecule has 1 N–H and O–H groups in total. The number of nitrogens with one attached hydrogen (secondary N) is 1. The molecule has 0 saturated carbocycles. The zero-order valence-electron chi connectivity index (χ0n) is 14.5. The smallest absolute Gasteiger partial charge is 0.265 e. The Labute approximate surface area is 147 Å². The minimum absolute atomic E-state index is 0.0337. The van der Waals surface area contributed by atoms with Crippen LogP contribution in [0.15, 0.2) is 48.5 Å². The maximum absolute atomic E-state index is 12.6. The fourth-order valence-corrected chi connectivity index (χ4v) is 2.92. The van der Waals surface area contributed by atoms with Gasteiger partial charge < -0.3 is 10.1 Å². The van der Waals surface area contributed by atoms with Gasteiger partial charge in [0.2, 0.25) is 5.91 Å². The number of benzene rings is 2. The van der Waals surface area contributed by atoms with Crippen molar-refractivity contribution in [1.82, 2.24) is 0 Å². The topological polar surface area (TPSA) is 58.6 Å². The van der Waals surface area contributed by atoms with Gasteiger partial charge in [-0.1, -0.05) is 44.2 Å². The molecule has 2 amide bonds. The predicted octanol–water partition coefficient (Wildman–Crippen LogP) is 3.56. The minimum atomic E-state index is -0.221. The summed E-state index contributed by atoms with van der Waals surface area (Å²) in [6.07, 6.45) is 0.988. The Kier molecular flexibility index (Phi) is 5.03. The second-order valence-corrected chi connectivity index (χ2v) is 6.18. The van der Waals surface area contributed by atoms with Crippen LogP contribution >= 0.6 is 0 Å². The van der Waals surface area contributed by atoms with Crippen LogP contribution in [0.2, 0.25) is 0 Å². The van der Waals surface area contributed by atoms with E-state index in [4.69, 9.17) is 4.74 Å². The van der Waals surface area contributed by atoms with Crippen molar-refractivity contribution in [2.45, 2.75) is 26.2 Å². The lowest BCUT2D eigenvalue weighted by molar-refractivity contribution is -0.123. The van der Waals surface area contributed by atoms with Gasteiger partial charge in [0.05, 0.1) is 5.69 Å². The number of fused-ring (bicyclic) bond motifs is 1. The number of hydrogen-bond acceptors (Lipinski definition) is 3. The highest BCUT2D eigenvalue weighted by Gasteiger charge is 2.27. The number of ether oxygens (including phenoxy) is 1. The van der Waals surface area contributed by atoms with Crippen LogP contribution in [0.3, 0.4) is 0 Å². The molecule has 0 spiro atoms. The van der Waals surface area contributed by atoms with Gasteiger partial charge in [-0.05, 0) is 36.1 Å². The summed E-state index contributed by atoms with van der Waals surface area (Å²) in [7, 11) is 0. The van der Waals surface area contributed by atoms with Gasteiger partial charge in [0, 0.05) is 5.69 Å². The SMILES string of the molecule is CCC(C)c1ccccc1NC(=O)CN1C(=O)COc2ccccc21. The highest BCUT2D eigenvalue weighted by Crippen LogP contribution is 2.31. The minimum Gasteiger partial charge on any atom is -0.482 e. The van der Waals surface area contributed by atoms with Crippen LogP contribution in [0.5, 0.6) is 5.75 Å². The number of para-hydroxylation sites is 3. The maximum Gasteiger partial charge on any atom is 0.265 e. The van der Waals surface area contributed by atoms with Crippen molar-refractivity contribution >= 4 is 23.2 Å². The van der Waals surface area contributed by atoms with E-state index in [1.165, 1.54) is 4.90 Å². The highest BCUT2D eigenvalue weighted by atomic mass is 16.5. The van der Waals surface area contributed by atoms with Crippen LogP contribution in [0, 0.1) is 0 Å². The number of nitrogens with zero attached hydrogens (tertiary/aromatic N) is 1. The van der Waals surface area contributed by atoms with Crippen LogP contribution in [0.1, 0.15) is 31.7 Å². The number of carbonyl (C=O) groups is 2. The average Bonchev–Trinajstić information content (AvgIpc) is 2.64. The second kappa shape index (κ2) is 7.38. The number of anilines is 2. The van der Waals surface area contributed by atoms with Crippen molar-refractivity contribution in [3.05, 3.63) is 54.1 Å². The molecule has 0 fully saturated rings. The summed E-state index contributed by atoms with van der Waals surface area (Å²) < 4.78 is 5.41. The van der Waals surface area contributed by atoms with Gasteiger partial charge in [0.25, 0.3) is 5.91 Å². The molecule has 1 aliphatic rings. The van der Waals surface area contributed by atoms with E-state index >= 15 is 0 Å². The molecule has 1 aliphatic heterocycles. The van der Waals surface area contributed by atoms with E-state index in [9.17, 15) is 9.59 Å². The Bertz CT molecular complexity index is 788. The van der Waals surface area contributed by atoms with Crippen LogP contribution in [-0.4, -0.2) is 25.0 Å². The first-order valence-corrected chi connectivity index (χ1v) is 8.51. The Morgan fingerprint density at radius 3 is 2.72 bits per heavy atom. The van der Waals surface area contributed by atoms with E-state index in [1.54, 1.807) is 12.1 Å². The van der Waals surface area contributed by atoms with E-state index in [2.05, 4.69) is 19.2 Å². The van der Waals surface area contributed by atoms with E-state index in [0.29, 0.717) is 17.4 Å². The van der Waals surface area contributed by atoms with Gasteiger partial charge in [0.15, 0.2) is 6.61 Å². The fraction of sp³-hybridized carbons (Fsp3) is 0.300. The van der Waals surface area contributed by atoms with Crippen molar-refractivity contribution < 1.29 is 14.3 Å². The molecule has 2 aromatic carbocycles. The lowest BCUT2D eigenvalue weighted by Gasteiger charge is -2.28. The third-order valence-corrected chi connectivity index (χ3v) is 4.49. The maximum atomic E-state index is 12.6. The van der Waals surface area contributed by atoms with Gasteiger partial charge >= 0.3 is 0 Å². The zero-order chi connectivity index (χ0) is 17.8. The molecule has 0 bridgehead atoms. The number of rotatable bonds is 5. The fourth-order valence-electron chi connectivity index (χ4n) is 2.92. The monoisotopic (exact) mass is 338 g/mol. The Hall–Kier alpha value is -2.82.